The molecule has 146 valence electrons. The molecule has 0 aromatic heterocycles. The number of carbonyl (C=O) groups excluding carboxylic acids is 2. The molecule has 0 radical (unpaired) electrons. The summed E-state index contributed by atoms with van der Waals surface area (Å²) in [5.74, 6) is 0.164. The minimum absolute atomic E-state index is 0.00362. The van der Waals surface area contributed by atoms with Gasteiger partial charge in [0.15, 0.2) is 10.9 Å². The molecule has 1 fully saturated rings. The standard InChI is InChI=1S/C20H27BO5S/c1-12-8-17(13(2)22)18(24)10-15(12)9-16(11-27-14(3)23)21-25-19(4,5)20(6,7)26-21/h8-10,24H,11H2,1-7H3. The van der Waals surface area contributed by atoms with Gasteiger partial charge in [-0.2, -0.15) is 0 Å². The lowest BCUT2D eigenvalue weighted by atomic mass is 9.78. The number of aromatic hydroxyl groups is 1. The van der Waals surface area contributed by atoms with Crippen LogP contribution in [0.5, 0.6) is 5.75 Å². The summed E-state index contributed by atoms with van der Waals surface area (Å²) in [4.78, 5) is 23.1. The third-order valence-corrected chi connectivity index (χ3v) is 5.99. The molecule has 1 saturated heterocycles. The van der Waals surface area contributed by atoms with Crippen molar-refractivity contribution >= 4 is 35.9 Å². The number of hydrogen-bond acceptors (Lipinski definition) is 6. The average molecular weight is 390 g/mol. The lowest BCUT2D eigenvalue weighted by Crippen LogP contribution is -2.41. The van der Waals surface area contributed by atoms with Gasteiger partial charge < -0.3 is 14.4 Å². The molecule has 5 nitrogen and oxygen atoms in total. The van der Waals surface area contributed by atoms with E-state index in [0.29, 0.717) is 11.3 Å². The zero-order valence-electron chi connectivity index (χ0n) is 17.0. The number of ketones is 1. The molecule has 0 aliphatic carbocycles. The minimum atomic E-state index is -0.587. The van der Waals surface area contributed by atoms with Gasteiger partial charge in [0.05, 0.1) is 16.8 Å². The molecule has 1 aliphatic rings. The first-order valence-corrected chi connectivity index (χ1v) is 9.86. The Hall–Kier alpha value is -1.57. The van der Waals surface area contributed by atoms with Crippen LogP contribution in [0.25, 0.3) is 6.08 Å². The number of aryl methyl sites for hydroxylation is 1. The molecule has 1 aromatic rings. The van der Waals surface area contributed by atoms with Gasteiger partial charge in [0.1, 0.15) is 5.75 Å². The molecule has 0 bridgehead atoms. The Morgan fingerprint density at radius 1 is 1.15 bits per heavy atom. The Kier molecular flexibility index (Phi) is 6.29. The van der Waals surface area contributed by atoms with E-state index in [4.69, 9.17) is 9.31 Å². The molecular formula is C20H27BO5S. The largest absolute Gasteiger partial charge is 0.507 e. The van der Waals surface area contributed by atoms with E-state index in [1.54, 1.807) is 12.1 Å². The first-order chi connectivity index (χ1) is 12.3. The van der Waals surface area contributed by atoms with Crippen molar-refractivity contribution in [3.05, 3.63) is 34.3 Å². The van der Waals surface area contributed by atoms with Crippen LogP contribution in [-0.2, 0) is 14.1 Å². The van der Waals surface area contributed by atoms with Crippen molar-refractivity contribution in [2.45, 2.75) is 59.7 Å². The Labute approximate surface area is 165 Å². The molecule has 27 heavy (non-hydrogen) atoms. The maximum atomic E-state index is 11.6. The van der Waals surface area contributed by atoms with Gasteiger partial charge in [-0.25, -0.2) is 0 Å². The van der Waals surface area contributed by atoms with Gasteiger partial charge in [0, 0.05) is 12.7 Å². The summed E-state index contributed by atoms with van der Waals surface area (Å²) in [5.41, 5.74) is 1.71. The van der Waals surface area contributed by atoms with E-state index >= 15 is 0 Å². The van der Waals surface area contributed by atoms with Crippen LogP contribution in [0.1, 0.15) is 63.0 Å². The average Bonchev–Trinajstić information content (AvgIpc) is 2.74. The van der Waals surface area contributed by atoms with Crippen molar-refractivity contribution < 1.29 is 24.0 Å². The monoisotopic (exact) mass is 390 g/mol. The summed E-state index contributed by atoms with van der Waals surface area (Å²) in [6, 6.07) is 3.24. The van der Waals surface area contributed by atoms with Gasteiger partial charge in [-0.1, -0.05) is 17.8 Å². The van der Waals surface area contributed by atoms with Crippen molar-refractivity contribution in [2.75, 3.05) is 5.75 Å². The van der Waals surface area contributed by atoms with Crippen molar-refractivity contribution in [2.24, 2.45) is 0 Å². The highest BCUT2D eigenvalue weighted by molar-refractivity contribution is 8.13. The molecule has 1 heterocycles. The Bertz CT molecular complexity index is 782. The fourth-order valence-electron chi connectivity index (χ4n) is 2.71. The van der Waals surface area contributed by atoms with Crippen LogP contribution in [0.3, 0.4) is 0 Å². The fourth-order valence-corrected chi connectivity index (χ4v) is 3.30. The molecule has 1 aliphatic heterocycles. The number of hydrogen-bond donors (Lipinski definition) is 1. The van der Waals surface area contributed by atoms with Gasteiger partial charge in [-0.15, -0.1) is 0 Å². The molecule has 1 aromatic carbocycles. The topological polar surface area (TPSA) is 72.8 Å². The lowest BCUT2D eigenvalue weighted by Gasteiger charge is -2.32. The number of phenolic OH excluding ortho intramolecular Hbond substituents is 1. The molecule has 0 amide bonds. The number of Topliss-reactive ketones (excluding diaryl/α,β-unsaturated/α-hetero) is 1. The highest BCUT2D eigenvalue weighted by Gasteiger charge is 2.52. The number of thioether (sulfide) groups is 1. The van der Waals surface area contributed by atoms with E-state index in [-0.39, 0.29) is 16.6 Å². The van der Waals surface area contributed by atoms with Crippen LogP contribution in [0.2, 0.25) is 0 Å². The van der Waals surface area contributed by atoms with E-state index in [9.17, 15) is 14.7 Å². The fraction of sp³-hybridized carbons (Fsp3) is 0.500. The maximum absolute atomic E-state index is 11.6. The first-order valence-electron chi connectivity index (χ1n) is 8.88. The van der Waals surface area contributed by atoms with E-state index in [2.05, 4.69) is 0 Å². The van der Waals surface area contributed by atoms with Crippen LogP contribution in [0, 0.1) is 6.92 Å². The maximum Gasteiger partial charge on any atom is 0.491 e. The van der Waals surface area contributed by atoms with Gasteiger partial charge >= 0.3 is 7.12 Å². The zero-order chi connectivity index (χ0) is 20.6. The molecule has 1 N–H and O–H groups in total. The molecule has 7 heteroatoms. The van der Waals surface area contributed by atoms with Crippen molar-refractivity contribution in [1.82, 2.24) is 0 Å². The van der Waals surface area contributed by atoms with Crippen LogP contribution < -0.4 is 0 Å². The summed E-state index contributed by atoms with van der Waals surface area (Å²) in [7, 11) is -0.587. The van der Waals surface area contributed by atoms with Gasteiger partial charge in [0.2, 0.25) is 0 Å². The van der Waals surface area contributed by atoms with Crippen LogP contribution >= 0.6 is 11.8 Å². The molecule has 0 saturated carbocycles. The number of rotatable bonds is 5. The summed E-state index contributed by atoms with van der Waals surface area (Å²) in [5, 5.41) is 10.2. The third-order valence-electron chi connectivity index (χ3n) is 5.10. The van der Waals surface area contributed by atoms with Crippen LogP contribution in [0.4, 0.5) is 0 Å². The van der Waals surface area contributed by atoms with Gasteiger partial charge in [-0.05, 0) is 70.3 Å². The molecule has 0 spiro atoms. The summed E-state index contributed by atoms with van der Waals surface area (Å²) >= 11 is 1.18. The lowest BCUT2D eigenvalue weighted by molar-refractivity contribution is -0.109. The summed E-state index contributed by atoms with van der Waals surface area (Å²) in [6.07, 6.45) is 1.87. The second-order valence-corrected chi connectivity index (χ2v) is 9.02. The highest BCUT2D eigenvalue weighted by atomic mass is 32.2. The third kappa shape index (κ3) is 4.84. The predicted molar refractivity (Wildman–Crippen MR) is 110 cm³/mol. The van der Waals surface area contributed by atoms with E-state index in [1.165, 1.54) is 25.6 Å². The summed E-state index contributed by atoms with van der Waals surface area (Å²) in [6.45, 7) is 12.7. The zero-order valence-corrected chi connectivity index (χ0v) is 17.8. The molecule has 2 rings (SSSR count). The van der Waals surface area contributed by atoms with E-state index in [1.807, 2.05) is 40.7 Å². The Morgan fingerprint density at radius 3 is 2.19 bits per heavy atom. The van der Waals surface area contributed by atoms with Crippen molar-refractivity contribution in [1.29, 1.82) is 0 Å². The predicted octanol–water partition coefficient (Wildman–Crippen LogP) is 4.20. The van der Waals surface area contributed by atoms with E-state index < -0.39 is 18.3 Å². The quantitative estimate of drug-likeness (QED) is 0.600. The van der Waals surface area contributed by atoms with Crippen molar-refractivity contribution in [3.63, 3.8) is 0 Å². The number of benzene rings is 1. The number of carbonyl (C=O) groups is 2. The van der Waals surface area contributed by atoms with Gasteiger partial charge in [-0.3, -0.25) is 9.59 Å². The molecule has 0 atom stereocenters. The normalized spacial score (nSPS) is 18.6. The van der Waals surface area contributed by atoms with Crippen LogP contribution in [0.15, 0.2) is 17.6 Å². The molecule has 0 unspecified atom stereocenters. The minimum Gasteiger partial charge on any atom is -0.507 e. The SMILES string of the molecule is CC(=O)SCC(=Cc1cc(O)c(C(C)=O)cc1C)B1OC(C)(C)C(C)(C)O1. The second kappa shape index (κ2) is 7.82. The number of phenols is 1. The molecular weight excluding hydrogens is 363 g/mol. The highest BCUT2D eigenvalue weighted by Crippen LogP contribution is 2.39. The van der Waals surface area contributed by atoms with Gasteiger partial charge in [0.25, 0.3) is 0 Å². The smallest absolute Gasteiger partial charge is 0.491 e. The van der Waals surface area contributed by atoms with E-state index in [0.717, 1.165) is 16.6 Å². The second-order valence-electron chi connectivity index (χ2n) is 7.87. The Morgan fingerprint density at radius 2 is 1.70 bits per heavy atom. The van der Waals surface area contributed by atoms with Crippen molar-refractivity contribution in [3.8, 4) is 5.75 Å². The first kappa shape index (κ1) is 21.7. The summed E-state index contributed by atoms with van der Waals surface area (Å²) < 4.78 is 12.3. The Balaban J connectivity index is 2.44. The van der Waals surface area contributed by atoms with Crippen LogP contribution in [-0.4, -0.2) is 40.1 Å².